The number of hydrogen-bond donors (Lipinski definition) is 0. The molecule has 2 heterocycles. The Morgan fingerprint density at radius 2 is 2.10 bits per heavy atom. The summed E-state index contributed by atoms with van der Waals surface area (Å²) in [5.41, 5.74) is 2.01. The Bertz CT molecular complexity index is 883. The van der Waals surface area contributed by atoms with Gasteiger partial charge in [0.05, 0.1) is 0 Å². The molecule has 2 aliphatic heterocycles. The average Bonchev–Trinajstić information content (AvgIpc) is 3.09. The van der Waals surface area contributed by atoms with Gasteiger partial charge in [0.1, 0.15) is 0 Å². The van der Waals surface area contributed by atoms with Crippen molar-refractivity contribution in [1.29, 1.82) is 0 Å². The van der Waals surface area contributed by atoms with Crippen LogP contribution in [0.4, 0.5) is 4.79 Å². The predicted octanol–water partition coefficient (Wildman–Crippen LogP) is 4.04. The molecule has 1 aliphatic carbocycles. The molecule has 1 fully saturated rings. The highest BCUT2D eigenvalue weighted by atomic mass is 16.6. The summed E-state index contributed by atoms with van der Waals surface area (Å²) < 4.78 is 12.2. The molecule has 0 aromatic heterocycles. The van der Waals surface area contributed by atoms with Crippen LogP contribution >= 0.6 is 0 Å². The number of ether oxygens (including phenoxy) is 2. The molecule has 6 nitrogen and oxygen atoms in total. The normalized spacial score (nSPS) is 28.8. The fourth-order valence-corrected chi connectivity index (χ4v) is 5.85. The van der Waals surface area contributed by atoms with Crippen molar-refractivity contribution in [3.05, 3.63) is 23.3 Å². The summed E-state index contributed by atoms with van der Waals surface area (Å²) in [7, 11) is 3.94. The second kappa shape index (κ2) is 8.12. The molecule has 1 amide bonds. The molecule has 1 spiro atoms. The van der Waals surface area contributed by atoms with E-state index < -0.39 is 6.10 Å². The monoisotopic (exact) mass is 428 g/mol. The van der Waals surface area contributed by atoms with Crippen LogP contribution in [-0.2, 0) is 16.6 Å². The lowest BCUT2D eigenvalue weighted by atomic mass is 9.55. The molecule has 0 saturated carbocycles. The molecular weight excluding hydrogens is 392 g/mol. The Morgan fingerprint density at radius 3 is 2.77 bits per heavy atom. The first kappa shape index (κ1) is 22.1. The van der Waals surface area contributed by atoms with E-state index in [1.54, 1.807) is 11.9 Å². The third-order valence-electron chi connectivity index (χ3n) is 7.83. The SMILES string of the molecule is CCC(=O)C1Oc2c(OC(=O)N(C)CCC(C)C)ccc3c2C12CCN(C)C(C3)C2C. The second-order valence-corrected chi connectivity index (χ2v) is 10.0. The molecule has 0 radical (unpaired) electrons. The number of rotatable bonds is 6. The summed E-state index contributed by atoms with van der Waals surface area (Å²) >= 11 is 0. The van der Waals surface area contributed by atoms with E-state index in [9.17, 15) is 9.59 Å². The van der Waals surface area contributed by atoms with E-state index in [1.165, 1.54) is 5.56 Å². The number of fused-ring (bicyclic) bond motifs is 1. The molecule has 4 unspecified atom stereocenters. The first-order chi connectivity index (χ1) is 14.7. The largest absolute Gasteiger partial charge is 0.477 e. The molecule has 4 rings (SSSR count). The van der Waals surface area contributed by atoms with Gasteiger partial charge in [0, 0.05) is 37.0 Å². The number of nitrogens with zero attached hydrogens (tertiary/aromatic N) is 2. The third-order valence-corrected chi connectivity index (χ3v) is 7.83. The molecule has 1 saturated heterocycles. The number of carbonyl (C=O) groups excluding carboxylic acids is 2. The maximum Gasteiger partial charge on any atom is 0.415 e. The zero-order chi connectivity index (χ0) is 22.5. The maximum absolute atomic E-state index is 13.0. The zero-order valence-electron chi connectivity index (χ0n) is 19.7. The van der Waals surface area contributed by atoms with Crippen molar-refractivity contribution in [3.63, 3.8) is 0 Å². The highest BCUT2D eigenvalue weighted by Gasteiger charge is 2.62. The van der Waals surface area contributed by atoms with Gasteiger partial charge in [-0.05, 0) is 56.3 Å². The Morgan fingerprint density at radius 1 is 1.35 bits per heavy atom. The number of benzene rings is 1. The van der Waals surface area contributed by atoms with Crippen LogP contribution in [0.3, 0.4) is 0 Å². The number of ketones is 1. The standard InChI is InChI=1S/C25H36N2O4/c1-7-19(28)23-25-11-13-26(5)18(16(25)4)14-17-8-9-20(22(31-23)21(17)25)30-24(29)27(6)12-10-15(2)3/h8-9,15-16,18,23H,7,10-14H2,1-6H3. The molecule has 1 aromatic carbocycles. The molecule has 31 heavy (non-hydrogen) atoms. The van der Waals surface area contributed by atoms with Gasteiger partial charge in [-0.3, -0.25) is 4.79 Å². The second-order valence-electron chi connectivity index (χ2n) is 10.0. The van der Waals surface area contributed by atoms with E-state index in [0.717, 1.165) is 31.4 Å². The fourth-order valence-electron chi connectivity index (χ4n) is 5.85. The molecular formula is C25H36N2O4. The number of likely N-dealkylation sites (tertiary alicyclic amines) is 1. The Kier molecular flexibility index (Phi) is 5.80. The summed E-state index contributed by atoms with van der Waals surface area (Å²) in [6, 6.07) is 4.31. The molecule has 1 aromatic rings. The van der Waals surface area contributed by atoms with Crippen molar-refractivity contribution >= 4 is 11.9 Å². The van der Waals surface area contributed by atoms with Gasteiger partial charge >= 0.3 is 6.09 Å². The van der Waals surface area contributed by atoms with Crippen LogP contribution in [-0.4, -0.2) is 61.0 Å². The van der Waals surface area contributed by atoms with E-state index in [4.69, 9.17) is 9.47 Å². The van der Waals surface area contributed by atoms with Crippen molar-refractivity contribution in [2.45, 2.75) is 70.9 Å². The lowest BCUT2D eigenvalue weighted by Crippen LogP contribution is -2.62. The Balaban J connectivity index is 1.72. The van der Waals surface area contributed by atoms with Gasteiger partial charge in [-0.25, -0.2) is 4.79 Å². The smallest absolute Gasteiger partial charge is 0.415 e. The highest BCUT2D eigenvalue weighted by molar-refractivity contribution is 5.88. The zero-order valence-corrected chi connectivity index (χ0v) is 19.7. The molecule has 0 N–H and O–H groups in total. The Labute approximate surface area is 185 Å². The maximum atomic E-state index is 13.0. The van der Waals surface area contributed by atoms with Gasteiger partial charge in [-0.2, -0.15) is 0 Å². The first-order valence-electron chi connectivity index (χ1n) is 11.7. The number of amides is 1. The first-order valence-corrected chi connectivity index (χ1v) is 11.7. The number of Topliss-reactive ketones (excluding diaryl/α,β-unsaturated/α-hetero) is 1. The molecule has 3 aliphatic rings. The van der Waals surface area contributed by atoms with Gasteiger partial charge in [-0.15, -0.1) is 0 Å². The predicted molar refractivity (Wildman–Crippen MR) is 120 cm³/mol. The summed E-state index contributed by atoms with van der Waals surface area (Å²) in [6.07, 6.45) is 2.28. The van der Waals surface area contributed by atoms with E-state index in [1.807, 2.05) is 13.0 Å². The molecule has 170 valence electrons. The summed E-state index contributed by atoms with van der Waals surface area (Å²) in [5, 5.41) is 0. The third kappa shape index (κ3) is 3.43. The van der Waals surface area contributed by atoms with E-state index in [2.05, 4.69) is 38.8 Å². The van der Waals surface area contributed by atoms with Crippen LogP contribution in [0.1, 0.15) is 58.1 Å². The van der Waals surface area contributed by atoms with Gasteiger partial charge in [0.15, 0.2) is 23.4 Å². The Hall–Kier alpha value is -2.08. The van der Waals surface area contributed by atoms with Gasteiger partial charge in [-0.1, -0.05) is 33.8 Å². The van der Waals surface area contributed by atoms with E-state index in [-0.39, 0.29) is 17.3 Å². The lowest BCUT2D eigenvalue weighted by Gasteiger charge is -2.54. The van der Waals surface area contributed by atoms with Crippen molar-refractivity contribution in [1.82, 2.24) is 9.80 Å². The minimum atomic E-state index is -0.503. The number of carbonyl (C=O) groups is 2. The topological polar surface area (TPSA) is 59.1 Å². The highest BCUT2D eigenvalue weighted by Crippen LogP contribution is 2.60. The van der Waals surface area contributed by atoms with Gasteiger partial charge in [0.2, 0.25) is 0 Å². The number of piperidine rings is 1. The molecule has 2 bridgehead atoms. The van der Waals surface area contributed by atoms with Crippen LogP contribution in [0.15, 0.2) is 12.1 Å². The van der Waals surface area contributed by atoms with Crippen molar-refractivity contribution < 1.29 is 19.1 Å². The summed E-state index contributed by atoms with van der Waals surface area (Å²) in [5.74, 6) is 1.99. The van der Waals surface area contributed by atoms with Crippen LogP contribution in [0.5, 0.6) is 11.5 Å². The number of likely N-dealkylation sites (N-methyl/N-ethyl adjacent to an activating group) is 1. The summed E-state index contributed by atoms with van der Waals surface area (Å²) in [4.78, 5) is 29.8. The summed E-state index contributed by atoms with van der Waals surface area (Å²) in [6.45, 7) is 10.0. The van der Waals surface area contributed by atoms with Crippen molar-refractivity contribution in [2.75, 3.05) is 27.2 Å². The van der Waals surface area contributed by atoms with E-state index in [0.29, 0.717) is 42.3 Å². The van der Waals surface area contributed by atoms with Crippen molar-refractivity contribution in [2.24, 2.45) is 11.8 Å². The average molecular weight is 429 g/mol. The van der Waals surface area contributed by atoms with Crippen molar-refractivity contribution in [3.8, 4) is 11.5 Å². The van der Waals surface area contributed by atoms with Crippen LogP contribution in [0, 0.1) is 11.8 Å². The quantitative estimate of drug-likeness (QED) is 0.684. The van der Waals surface area contributed by atoms with Crippen LogP contribution < -0.4 is 9.47 Å². The van der Waals surface area contributed by atoms with E-state index >= 15 is 0 Å². The molecule has 4 atom stereocenters. The van der Waals surface area contributed by atoms with Crippen LogP contribution in [0.2, 0.25) is 0 Å². The van der Waals surface area contributed by atoms with Gasteiger partial charge < -0.3 is 19.3 Å². The molecule has 6 heteroatoms. The minimum Gasteiger partial charge on any atom is -0.477 e. The lowest BCUT2D eigenvalue weighted by molar-refractivity contribution is -0.131. The fraction of sp³-hybridized carbons (Fsp3) is 0.680. The minimum absolute atomic E-state index is 0.130. The van der Waals surface area contributed by atoms with Crippen LogP contribution in [0.25, 0.3) is 0 Å². The number of hydrogen-bond acceptors (Lipinski definition) is 5. The van der Waals surface area contributed by atoms with Gasteiger partial charge in [0.25, 0.3) is 0 Å².